The molecule has 120 valence electrons. The number of allylic oxidation sites excluding steroid dienone is 2. The van der Waals surface area contributed by atoms with E-state index in [1.54, 1.807) is 0 Å². The molecule has 3 heterocycles. The maximum Gasteiger partial charge on any atom is 0.131 e. The molecule has 6 heteroatoms. The van der Waals surface area contributed by atoms with Gasteiger partial charge < -0.3 is 9.47 Å². The highest BCUT2D eigenvalue weighted by Crippen LogP contribution is 2.36. The van der Waals surface area contributed by atoms with Crippen molar-refractivity contribution in [1.29, 1.82) is 0 Å². The zero-order chi connectivity index (χ0) is 14.8. The lowest BCUT2D eigenvalue weighted by atomic mass is 10.0. The zero-order valence-corrected chi connectivity index (χ0v) is 12.3. The first kappa shape index (κ1) is 16.6. The van der Waals surface area contributed by atoms with Gasteiger partial charge in [-0.25, -0.2) is 4.68 Å². The van der Waals surface area contributed by atoms with Gasteiger partial charge >= 0.3 is 0 Å². The second-order valence-electron chi connectivity index (χ2n) is 5.42. The summed E-state index contributed by atoms with van der Waals surface area (Å²) in [7, 11) is 0. The summed E-state index contributed by atoms with van der Waals surface area (Å²) in [6, 6.07) is 0.0804. The second kappa shape index (κ2) is 6.98. The lowest BCUT2D eigenvalue weighted by molar-refractivity contribution is 0.0612. The van der Waals surface area contributed by atoms with Crippen molar-refractivity contribution < 1.29 is 9.47 Å². The van der Waals surface area contributed by atoms with Crippen LogP contribution >= 0.6 is 0 Å². The molecule has 2 aliphatic rings. The summed E-state index contributed by atoms with van der Waals surface area (Å²) >= 11 is 0. The minimum absolute atomic E-state index is 0. The van der Waals surface area contributed by atoms with Gasteiger partial charge in [-0.05, 0) is 13.0 Å². The molecule has 0 aliphatic carbocycles. The van der Waals surface area contributed by atoms with Crippen LogP contribution in [-0.4, -0.2) is 46.1 Å². The number of nitrogens with zero attached hydrogens (tertiary/aromatic N) is 4. The van der Waals surface area contributed by atoms with Crippen LogP contribution in [0.1, 0.15) is 33.0 Å². The van der Waals surface area contributed by atoms with Crippen LogP contribution in [0.2, 0.25) is 0 Å². The highest BCUT2D eigenvalue weighted by molar-refractivity contribution is 6.07. The van der Waals surface area contributed by atoms with E-state index in [2.05, 4.69) is 28.8 Å². The van der Waals surface area contributed by atoms with Crippen LogP contribution in [0.3, 0.4) is 0 Å². The van der Waals surface area contributed by atoms with E-state index in [1.807, 2.05) is 30.0 Å². The van der Waals surface area contributed by atoms with Crippen LogP contribution in [-0.2, 0) is 9.47 Å². The Hall–Kier alpha value is -1.79. The maximum atomic E-state index is 5.85. The molecule has 2 fully saturated rings. The zero-order valence-electron chi connectivity index (χ0n) is 12.3. The Morgan fingerprint density at radius 3 is 2.91 bits per heavy atom. The lowest BCUT2D eigenvalue weighted by Crippen LogP contribution is -2.27. The molecule has 0 aromatic carbocycles. The Labute approximate surface area is 131 Å². The molecule has 0 radical (unpaired) electrons. The van der Waals surface area contributed by atoms with Crippen LogP contribution in [0.5, 0.6) is 0 Å². The molecule has 1 aromatic heterocycles. The summed E-state index contributed by atoms with van der Waals surface area (Å²) in [4.78, 5) is 4.22. The fourth-order valence-electron chi connectivity index (χ4n) is 2.90. The molecule has 0 N–H and O–H groups in total. The molecule has 4 atom stereocenters. The van der Waals surface area contributed by atoms with Crippen LogP contribution < -0.4 is 0 Å². The fraction of sp³-hybridized carbons (Fsp3) is 0.562. The monoisotopic (exact) mass is 304 g/mol. The van der Waals surface area contributed by atoms with Gasteiger partial charge in [-0.15, -0.1) is 5.10 Å². The van der Waals surface area contributed by atoms with Gasteiger partial charge in [0.25, 0.3) is 0 Å². The first-order valence-electron chi connectivity index (χ1n) is 7.21. The van der Waals surface area contributed by atoms with E-state index in [1.165, 1.54) is 6.20 Å². The van der Waals surface area contributed by atoms with Crippen molar-refractivity contribution in [2.24, 2.45) is 10.9 Å². The van der Waals surface area contributed by atoms with Gasteiger partial charge in [-0.3, -0.25) is 4.99 Å². The first-order valence-corrected chi connectivity index (χ1v) is 7.21. The van der Waals surface area contributed by atoms with E-state index in [-0.39, 0.29) is 25.7 Å². The lowest BCUT2D eigenvalue weighted by Gasteiger charge is -2.15. The Bertz CT molecular complexity index is 578. The van der Waals surface area contributed by atoms with Crippen molar-refractivity contribution >= 4 is 5.71 Å². The third kappa shape index (κ3) is 2.89. The van der Waals surface area contributed by atoms with E-state index < -0.39 is 0 Å². The summed E-state index contributed by atoms with van der Waals surface area (Å²) in [5.74, 6) is 0.434. The van der Waals surface area contributed by atoms with Gasteiger partial charge in [0.15, 0.2) is 0 Å². The predicted octanol–water partition coefficient (Wildman–Crippen LogP) is 2.40. The summed E-state index contributed by atoms with van der Waals surface area (Å²) < 4.78 is 13.5. The van der Waals surface area contributed by atoms with Gasteiger partial charge in [0.2, 0.25) is 0 Å². The summed E-state index contributed by atoms with van der Waals surface area (Å²) in [5.41, 5.74) is 1.47. The molecule has 0 spiro atoms. The van der Waals surface area contributed by atoms with E-state index in [0.29, 0.717) is 12.5 Å². The molecule has 3 unspecified atom stereocenters. The molecule has 22 heavy (non-hydrogen) atoms. The summed E-state index contributed by atoms with van der Waals surface area (Å²) in [6.07, 6.45) is 7.43. The van der Waals surface area contributed by atoms with Gasteiger partial charge in [0.1, 0.15) is 17.8 Å². The summed E-state index contributed by atoms with van der Waals surface area (Å²) in [6.45, 7) is 9.07. The van der Waals surface area contributed by atoms with Crippen molar-refractivity contribution in [3.05, 3.63) is 36.8 Å². The minimum Gasteiger partial charge on any atom is -0.373 e. The molecule has 2 aliphatic heterocycles. The molecule has 6 nitrogen and oxygen atoms in total. The SMILES string of the molecule is C.C=CN=C(/C=C\C)c1cn([C@H]2COC3C(C)COC32)nn1. The highest BCUT2D eigenvalue weighted by atomic mass is 16.6. The normalized spacial score (nSPS) is 31.3. The van der Waals surface area contributed by atoms with Crippen LogP contribution in [0.4, 0.5) is 0 Å². The van der Waals surface area contributed by atoms with Gasteiger partial charge in [0, 0.05) is 12.1 Å². The second-order valence-corrected chi connectivity index (χ2v) is 5.42. The number of aliphatic imine (C=N–C) groups is 1. The summed E-state index contributed by atoms with van der Waals surface area (Å²) in [5, 5.41) is 8.43. The number of fused-ring (bicyclic) bond motifs is 1. The fourth-order valence-corrected chi connectivity index (χ4v) is 2.90. The maximum absolute atomic E-state index is 5.85. The Morgan fingerprint density at radius 2 is 2.18 bits per heavy atom. The topological polar surface area (TPSA) is 61.5 Å². The smallest absolute Gasteiger partial charge is 0.131 e. The van der Waals surface area contributed by atoms with E-state index in [0.717, 1.165) is 18.0 Å². The molecule has 0 saturated carbocycles. The quantitative estimate of drug-likeness (QED) is 0.801. The molecule has 0 amide bonds. The average molecular weight is 304 g/mol. The van der Waals surface area contributed by atoms with E-state index in [9.17, 15) is 0 Å². The molecular formula is C16H24N4O2. The number of aromatic nitrogens is 3. The molecule has 1 aromatic rings. The third-order valence-corrected chi connectivity index (χ3v) is 3.94. The number of rotatable bonds is 4. The highest BCUT2D eigenvalue weighted by Gasteiger charge is 2.47. The van der Waals surface area contributed by atoms with E-state index >= 15 is 0 Å². The third-order valence-electron chi connectivity index (χ3n) is 3.94. The number of hydrogen-bond donors (Lipinski definition) is 0. The predicted molar refractivity (Wildman–Crippen MR) is 86.0 cm³/mol. The van der Waals surface area contributed by atoms with Crippen molar-refractivity contribution in [3.8, 4) is 0 Å². The van der Waals surface area contributed by atoms with E-state index in [4.69, 9.17) is 9.47 Å². The number of ether oxygens (including phenoxy) is 2. The van der Waals surface area contributed by atoms with Crippen LogP contribution in [0.25, 0.3) is 0 Å². The standard InChI is InChI=1S/C15H20N4O2.CH4/c1-4-6-11(16-5-2)12-7-19(18-17-12)13-9-21-14-10(3)8-20-15(13)14;/h4-7,10,13-15H,2,8-9H2,1,3H3;1H4/b6-4-,16-11?;/t10?,13-,14?,15?;/m0./s1. The largest absolute Gasteiger partial charge is 0.373 e. The van der Waals surface area contributed by atoms with Crippen LogP contribution in [0.15, 0.2) is 36.1 Å². The Balaban J connectivity index is 0.00000176. The molecule has 2 saturated heterocycles. The van der Waals surface area contributed by atoms with Crippen molar-refractivity contribution in [1.82, 2.24) is 15.0 Å². The Morgan fingerprint density at radius 1 is 1.41 bits per heavy atom. The van der Waals surface area contributed by atoms with Gasteiger partial charge in [-0.2, -0.15) is 0 Å². The molecule has 3 rings (SSSR count). The van der Waals surface area contributed by atoms with Crippen molar-refractivity contribution in [2.45, 2.75) is 39.5 Å². The molecular weight excluding hydrogens is 280 g/mol. The Kier molecular flexibility index (Phi) is 5.26. The minimum atomic E-state index is 0. The molecule has 0 bridgehead atoms. The first-order chi connectivity index (χ1) is 10.2. The average Bonchev–Trinajstić information content (AvgIpc) is 3.16. The number of hydrogen-bond acceptors (Lipinski definition) is 5. The van der Waals surface area contributed by atoms with Gasteiger partial charge in [0.05, 0.1) is 31.2 Å². The van der Waals surface area contributed by atoms with Crippen molar-refractivity contribution in [2.75, 3.05) is 13.2 Å². The van der Waals surface area contributed by atoms with Crippen LogP contribution in [0, 0.1) is 5.92 Å². The van der Waals surface area contributed by atoms with Crippen molar-refractivity contribution in [3.63, 3.8) is 0 Å². The van der Waals surface area contributed by atoms with Gasteiger partial charge in [-0.1, -0.05) is 32.2 Å².